The molecule has 1 rings (SSSR count). The van der Waals surface area contributed by atoms with Crippen molar-refractivity contribution in [2.75, 3.05) is 32.7 Å². The number of piperidine rings is 1. The number of carbonyl (C=O) groups excluding carboxylic acids is 1. The molecular formula is C15H31N3O. The molecule has 0 aromatic rings. The van der Waals surface area contributed by atoms with E-state index in [1.165, 1.54) is 0 Å². The summed E-state index contributed by atoms with van der Waals surface area (Å²) in [7, 11) is 0. The topological polar surface area (TPSA) is 35.6 Å². The van der Waals surface area contributed by atoms with Crippen LogP contribution in [0.4, 0.5) is 0 Å². The Balaban J connectivity index is 2.70. The summed E-state index contributed by atoms with van der Waals surface area (Å²) in [4.78, 5) is 16.9. The van der Waals surface area contributed by atoms with Crippen molar-refractivity contribution >= 4 is 5.91 Å². The second-order valence-corrected chi connectivity index (χ2v) is 5.41. The van der Waals surface area contributed by atoms with Gasteiger partial charge >= 0.3 is 0 Å². The van der Waals surface area contributed by atoms with E-state index < -0.39 is 0 Å². The highest BCUT2D eigenvalue weighted by Gasteiger charge is 2.30. The molecule has 4 nitrogen and oxygen atoms in total. The number of nitrogens with one attached hydrogen (secondary N) is 1. The van der Waals surface area contributed by atoms with Crippen LogP contribution in [0.15, 0.2) is 0 Å². The van der Waals surface area contributed by atoms with E-state index in [0.29, 0.717) is 6.04 Å². The molecule has 0 aliphatic carbocycles. The lowest BCUT2D eigenvalue weighted by Crippen LogP contribution is -2.53. The van der Waals surface area contributed by atoms with Crippen molar-refractivity contribution < 1.29 is 4.79 Å². The quantitative estimate of drug-likeness (QED) is 0.764. The molecule has 19 heavy (non-hydrogen) atoms. The van der Waals surface area contributed by atoms with Crippen molar-refractivity contribution in [1.82, 2.24) is 15.1 Å². The predicted octanol–water partition coefficient (Wildman–Crippen LogP) is 1.71. The lowest BCUT2D eigenvalue weighted by Gasteiger charge is -2.39. The first-order valence-corrected chi connectivity index (χ1v) is 7.90. The third-order valence-electron chi connectivity index (χ3n) is 4.19. The third-order valence-corrected chi connectivity index (χ3v) is 4.19. The van der Waals surface area contributed by atoms with Crippen LogP contribution in [0.3, 0.4) is 0 Å². The minimum atomic E-state index is 0.0166. The minimum absolute atomic E-state index is 0.0166. The number of nitrogens with zero attached hydrogens (tertiary/aromatic N) is 2. The number of amides is 1. The van der Waals surface area contributed by atoms with Crippen LogP contribution in [0.25, 0.3) is 0 Å². The number of hydrogen-bond donors (Lipinski definition) is 1. The van der Waals surface area contributed by atoms with Crippen molar-refractivity contribution in [1.29, 1.82) is 0 Å². The molecule has 1 fully saturated rings. The Hall–Kier alpha value is -0.610. The fourth-order valence-electron chi connectivity index (χ4n) is 3.03. The van der Waals surface area contributed by atoms with Crippen molar-refractivity contribution in [3.05, 3.63) is 0 Å². The fourth-order valence-corrected chi connectivity index (χ4v) is 3.03. The molecule has 1 saturated heterocycles. The van der Waals surface area contributed by atoms with Gasteiger partial charge in [-0.3, -0.25) is 9.69 Å². The highest BCUT2D eigenvalue weighted by atomic mass is 16.2. The van der Waals surface area contributed by atoms with Crippen molar-refractivity contribution in [3.63, 3.8) is 0 Å². The van der Waals surface area contributed by atoms with E-state index in [-0.39, 0.29) is 11.9 Å². The average molecular weight is 269 g/mol. The zero-order chi connectivity index (χ0) is 14.3. The molecule has 4 heteroatoms. The Labute approximate surface area is 118 Å². The number of carbonyl (C=O) groups is 1. The first-order valence-electron chi connectivity index (χ1n) is 7.90. The fraction of sp³-hybridized carbons (Fsp3) is 0.933. The molecule has 0 aromatic carbocycles. The van der Waals surface area contributed by atoms with E-state index in [1.807, 2.05) is 4.90 Å². The van der Waals surface area contributed by atoms with Crippen LogP contribution in [0.1, 0.15) is 47.0 Å². The van der Waals surface area contributed by atoms with Gasteiger partial charge in [-0.05, 0) is 59.7 Å². The molecule has 0 radical (unpaired) electrons. The second-order valence-electron chi connectivity index (χ2n) is 5.41. The molecule has 1 aliphatic heterocycles. The Bertz CT molecular complexity index is 260. The highest BCUT2D eigenvalue weighted by molar-refractivity contribution is 5.81. The predicted molar refractivity (Wildman–Crippen MR) is 80.3 cm³/mol. The number of rotatable bonds is 7. The molecular weight excluding hydrogens is 238 g/mol. The van der Waals surface area contributed by atoms with Gasteiger partial charge in [-0.2, -0.15) is 0 Å². The van der Waals surface area contributed by atoms with Crippen molar-refractivity contribution in [3.8, 4) is 0 Å². The van der Waals surface area contributed by atoms with E-state index in [2.05, 4.69) is 37.9 Å². The molecule has 0 bridgehead atoms. The van der Waals surface area contributed by atoms with E-state index in [9.17, 15) is 4.79 Å². The molecule has 1 heterocycles. The van der Waals surface area contributed by atoms with E-state index >= 15 is 0 Å². The molecule has 112 valence electrons. The monoisotopic (exact) mass is 269 g/mol. The highest BCUT2D eigenvalue weighted by Crippen LogP contribution is 2.17. The van der Waals surface area contributed by atoms with Gasteiger partial charge in [0.15, 0.2) is 0 Å². The standard InChI is InChI=1S/C15H31N3O/c1-5-12-18(14-8-10-16-11-9-14)13(4)15(19)17(6-2)7-3/h13-14,16H,5-12H2,1-4H3. The van der Waals surface area contributed by atoms with Crippen LogP contribution in [0, 0.1) is 0 Å². The minimum Gasteiger partial charge on any atom is -0.342 e. The lowest BCUT2D eigenvalue weighted by atomic mass is 10.0. The van der Waals surface area contributed by atoms with Gasteiger partial charge in [0.1, 0.15) is 0 Å². The first-order chi connectivity index (χ1) is 9.15. The third kappa shape index (κ3) is 4.46. The summed E-state index contributed by atoms with van der Waals surface area (Å²) in [6, 6.07) is 0.582. The molecule has 0 spiro atoms. The van der Waals surface area contributed by atoms with Crippen LogP contribution in [0.5, 0.6) is 0 Å². The number of likely N-dealkylation sites (N-methyl/N-ethyl adjacent to an activating group) is 1. The van der Waals surface area contributed by atoms with Gasteiger partial charge in [0.2, 0.25) is 5.91 Å². The number of hydrogen-bond acceptors (Lipinski definition) is 3. The zero-order valence-corrected chi connectivity index (χ0v) is 13.1. The average Bonchev–Trinajstić information content (AvgIpc) is 2.46. The van der Waals surface area contributed by atoms with Gasteiger partial charge in [-0.15, -0.1) is 0 Å². The summed E-state index contributed by atoms with van der Waals surface area (Å²) in [5.74, 6) is 0.289. The Morgan fingerprint density at radius 2 is 1.79 bits per heavy atom. The maximum absolute atomic E-state index is 12.5. The Morgan fingerprint density at radius 1 is 1.21 bits per heavy atom. The molecule has 1 aliphatic rings. The van der Waals surface area contributed by atoms with Crippen molar-refractivity contribution in [2.24, 2.45) is 0 Å². The normalized spacial score (nSPS) is 18.6. The van der Waals surface area contributed by atoms with E-state index in [1.54, 1.807) is 0 Å². The van der Waals surface area contributed by atoms with Crippen LogP contribution in [-0.4, -0.2) is 60.5 Å². The summed E-state index contributed by atoms with van der Waals surface area (Å²) in [6.07, 6.45) is 3.44. The van der Waals surface area contributed by atoms with Gasteiger partial charge in [0, 0.05) is 19.1 Å². The summed E-state index contributed by atoms with van der Waals surface area (Å²) >= 11 is 0. The maximum Gasteiger partial charge on any atom is 0.239 e. The summed E-state index contributed by atoms with van der Waals surface area (Å²) < 4.78 is 0. The summed E-state index contributed by atoms with van der Waals surface area (Å²) in [5, 5.41) is 3.40. The maximum atomic E-state index is 12.5. The van der Waals surface area contributed by atoms with Crippen LogP contribution in [-0.2, 0) is 4.79 Å². The SMILES string of the molecule is CCCN(C1CCNCC1)C(C)C(=O)N(CC)CC. The largest absolute Gasteiger partial charge is 0.342 e. The molecule has 1 N–H and O–H groups in total. The molecule has 0 aromatic heterocycles. The zero-order valence-electron chi connectivity index (χ0n) is 13.1. The summed E-state index contributed by atoms with van der Waals surface area (Å²) in [6.45, 7) is 13.2. The molecule has 1 unspecified atom stereocenters. The van der Waals surface area contributed by atoms with Crippen molar-refractivity contribution in [2.45, 2.75) is 59.0 Å². The Kier molecular flexibility index (Phi) is 7.39. The van der Waals surface area contributed by atoms with Gasteiger partial charge in [0.25, 0.3) is 0 Å². The summed E-state index contributed by atoms with van der Waals surface area (Å²) in [5.41, 5.74) is 0. The first kappa shape index (κ1) is 16.4. The van der Waals surface area contributed by atoms with Crippen LogP contribution >= 0.6 is 0 Å². The van der Waals surface area contributed by atoms with E-state index in [4.69, 9.17) is 0 Å². The smallest absolute Gasteiger partial charge is 0.239 e. The van der Waals surface area contributed by atoms with Gasteiger partial charge in [0.05, 0.1) is 6.04 Å². The molecule has 0 saturated carbocycles. The van der Waals surface area contributed by atoms with Gasteiger partial charge in [-0.1, -0.05) is 6.92 Å². The Morgan fingerprint density at radius 3 is 2.26 bits per heavy atom. The van der Waals surface area contributed by atoms with Crippen LogP contribution < -0.4 is 5.32 Å². The van der Waals surface area contributed by atoms with Gasteiger partial charge < -0.3 is 10.2 Å². The van der Waals surface area contributed by atoms with E-state index in [0.717, 1.165) is 52.0 Å². The molecule has 1 atom stereocenters. The molecule has 1 amide bonds. The lowest BCUT2D eigenvalue weighted by molar-refractivity contribution is -0.137. The van der Waals surface area contributed by atoms with Gasteiger partial charge in [-0.25, -0.2) is 0 Å². The van der Waals surface area contributed by atoms with Crippen LogP contribution in [0.2, 0.25) is 0 Å². The second kappa shape index (κ2) is 8.54.